The highest BCUT2D eigenvalue weighted by molar-refractivity contribution is 6.69. The van der Waals surface area contributed by atoms with Crippen molar-refractivity contribution in [2.45, 2.75) is 39.2 Å². The highest BCUT2D eigenvalue weighted by atomic mass is 16.6. The van der Waals surface area contributed by atoms with E-state index in [1.54, 1.807) is 0 Å². The van der Waals surface area contributed by atoms with Gasteiger partial charge in [0.15, 0.2) is 5.71 Å². The standard InChI is InChI=1S/C9H15N3O3/c1-6(2)15-12-8-5-3-4-7(10-13)9(8)11-14/h6,13-14H,3-5H2,1-2H3/b10-7?,11-9+,12-8+. The van der Waals surface area contributed by atoms with Crippen molar-refractivity contribution in [1.82, 2.24) is 0 Å². The second-order valence-corrected chi connectivity index (χ2v) is 3.54. The van der Waals surface area contributed by atoms with E-state index >= 15 is 0 Å². The lowest BCUT2D eigenvalue weighted by Gasteiger charge is -2.15. The van der Waals surface area contributed by atoms with Gasteiger partial charge in [0.1, 0.15) is 17.5 Å². The van der Waals surface area contributed by atoms with Crippen LogP contribution in [0.25, 0.3) is 0 Å². The fourth-order valence-electron chi connectivity index (χ4n) is 1.30. The molecule has 0 saturated heterocycles. The monoisotopic (exact) mass is 213 g/mol. The van der Waals surface area contributed by atoms with Crippen LogP contribution in [-0.2, 0) is 4.84 Å². The van der Waals surface area contributed by atoms with Gasteiger partial charge in [-0.3, -0.25) is 0 Å². The molecule has 0 aromatic rings. The minimum Gasteiger partial charge on any atom is -0.411 e. The van der Waals surface area contributed by atoms with Crippen LogP contribution in [0.1, 0.15) is 33.1 Å². The highest BCUT2D eigenvalue weighted by Crippen LogP contribution is 2.12. The largest absolute Gasteiger partial charge is 0.411 e. The maximum atomic E-state index is 8.79. The summed E-state index contributed by atoms with van der Waals surface area (Å²) in [6.07, 6.45) is 2.01. The van der Waals surface area contributed by atoms with Crippen molar-refractivity contribution in [3.05, 3.63) is 0 Å². The summed E-state index contributed by atoms with van der Waals surface area (Å²) in [5.41, 5.74) is 1.07. The lowest BCUT2D eigenvalue weighted by molar-refractivity contribution is 0.0859. The van der Waals surface area contributed by atoms with Crippen molar-refractivity contribution < 1.29 is 15.3 Å². The van der Waals surface area contributed by atoms with Crippen LogP contribution in [0.4, 0.5) is 0 Å². The molecule has 0 aliphatic heterocycles. The molecular formula is C9H15N3O3. The molecule has 6 nitrogen and oxygen atoms in total. The van der Waals surface area contributed by atoms with Crippen molar-refractivity contribution >= 4 is 17.1 Å². The van der Waals surface area contributed by atoms with Crippen LogP contribution in [0.15, 0.2) is 15.5 Å². The summed E-state index contributed by atoms with van der Waals surface area (Å²) in [4.78, 5) is 5.07. The molecule has 1 saturated carbocycles. The summed E-state index contributed by atoms with van der Waals surface area (Å²) in [5, 5.41) is 27.5. The second kappa shape index (κ2) is 5.33. The first-order valence-corrected chi connectivity index (χ1v) is 4.85. The van der Waals surface area contributed by atoms with Crippen molar-refractivity contribution in [2.24, 2.45) is 15.5 Å². The first-order chi connectivity index (χ1) is 7.19. The number of oxime groups is 3. The highest BCUT2D eigenvalue weighted by Gasteiger charge is 2.23. The van der Waals surface area contributed by atoms with Crippen LogP contribution < -0.4 is 0 Å². The molecule has 0 unspecified atom stereocenters. The fourth-order valence-corrected chi connectivity index (χ4v) is 1.30. The molecule has 0 radical (unpaired) electrons. The normalized spacial score (nSPS) is 25.4. The van der Waals surface area contributed by atoms with Crippen molar-refractivity contribution in [2.75, 3.05) is 0 Å². The van der Waals surface area contributed by atoms with E-state index in [2.05, 4.69) is 15.5 Å². The predicted octanol–water partition coefficient (Wildman–Crippen LogP) is 1.61. The molecule has 0 aromatic carbocycles. The van der Waals surface area contributed by atoms with E-state index in [4.69, 9.17) is 15.3 Å². The summed E-state index contributed by atoms with van der Waals surface area (Å²) in [5.74, 6) is 0. The van der Waals surface area contributed by atoms with Gasteiger partial charge >= 0.3 is 0 Å². The molecule has 0 amide bonds. The fraction of sp³-hybridized carbons (Fsp3) is 0.667. The smallest absolute Gasteiger partial charge is 0.152 e. The number of nitrogens with zero attached hydrogens (tertiary/aromatic N) is 3. The molecule has 15 heavy (non-hydrogen) atoms. The summed E-state index contributed by atoms with van der Waals surface area (Å²) in [7, 11) is 0. The van der Waals surface area contributed by atoms with E-state index in [9.17, 15) is 0 Å². The van der Waals surface area contributed by atoms with Gasteiger partial charge in [0.25, 0.3) is 0 Å². The summed E-state index contributed by atoms with van der Waals surface area (Å²) in [6.45, 7) is 3.70. The van der Waals surface area contributed by atoms with E-state index in [1.165, 1.54) is 0 Å². The lowest BCUT2D eigenvalue weighted by atomic mass is 9.94. The average Bonchev–Trinajstić information content (AvgIpc) is 2.25. The van der Waals surface area contributed by atoms with E-state index < -0.39 is 0 Å². The third-order valence-corrected chi connectivity index (χ3v) is 1.97. The van der Waals surface area contributed by atoms with Crippen LogP contribution in [-0.4, -0.2) is 33.7 Å². The first-order valence-electron chi connectivity index (χ1n) is 4.85. The molecule has 0 bridgehead atoms. The van der Waals surface area contributed by atoms with Gasteiger partial charge < -0.3 is 15.3 Å². The molecule has 1 aliphatic rings. The van der Waals surface area contributed by atoms with Crippen LogP contribution in [0.3, 0.4) is 0 Å². The van der Waals surface area contributed by atoms with E-state index in [-0.39, 0.29) is 11.8 Å². The second-order valence-electron chi connectivity index (χ2n) is 3.54. The summed E-state index contributed by atoms with van der Waals surface area (Å²) >= 11 is 0. The summed E-state index contributed by atoms with van der Waals surface area (Å²) < 4.78 is 0. The maximum Gasteiger partial charge on any atom is 0.152 e. The van der Waals surface area contributed by atoms with Gasteiger partial charge in [0, 0.05) is 0 Å². The number of rotatable bonds is 2. The molecular weight excluding hydrogens is 198 g/mol. The van der Waals surface area contributed by atoms with Crippen molar-refractivity contribution in [3.8, 4) is 0 Å². The van der Waals surface area contributed by atoms with Gasteiger partial charge in [-0.1, -0.05) is 15.5 Å². The molecule has 1 rings (SSSR count). The molecule has 0 atom stereocenters. The minimum atomic E-state index is -0.0334. The molecule has 0 aromatic heterocycles. The molecule has 0 heterocycles. The van der Waals surface area contributed by atoms with Crippen LogP contribution >= 0.6 is 0 Å². The van der Waals surface area contributed by atoms with E-state index in [0.29, 0.717) is 24.3 Å². The molecule has 84 valence electrons. The summed E-state index contributed by atoms with van der Waals surface area (Å²) in [6, 6.07) is 0. The predicted molar refractivity (Wildman–Crippen MR) is 56.0 cm³/mol. The SMILES string of the molecule is CC(C)O/N=C1\CCCC(=NO)\C1=N/O. The zero-order valence-corrected chi connectivity index (χ0v) is 8.84. The Labute approximate surface area is 87.9 Å². The molecule has 6 heteroatoms. The Morgan fingerprint density at radius 2 is 1.80 bits per heavy atom. The van der Waals surface area contributed by atoms with Crippen LogP contribution in [0.2, 0.25) is 0 Å². The zero-order valence-electron chi connectivity index (χ0n) is 8.84. The van der Waals surface area contributed by atoms with Crippen molar-refractivity contribution in [3.63, 3.8) is 0 Å². The Hall–Kier alpha value is -1.59. The molecule has 1 fully saturated rings. The topological polar surface area (TPSA) is 86.8 Å². The maximum absolute atomic E-state index is 8.79. The first kappa shape index (κ1) is 11.5. The van der Waals surface area contributed by atoms with Gasteiger partial charge in [-0.15, -0.1) is 0 Å². The van der Waals surface area contributed by atoms with E-state index in [0.717, 1.165) is 6.42 Å². The lowest BCUT2D eigenvalue weighted by Crippen LogP contribution is -2.29. The Bertz CT molecular complexity index is 308. The van der Waals surface area contributed by atoms with Crippen LogP contribution in [0, 0.1) is 0 Å². The third-order valence-electron chi connectivity index (χ3n) is 1.97. The minimum absolute atomic E-state index is 0.0334. The van der Waals surface area contributed by atoms with Gasteiger partial charge in [0.05, 0.1) is 0 Å². The zero-order chi connectivity index (χ0) is 11.3. The van der Waals surface area contributed by atoms with Gasteiger partial charge in [-0.2, -0.15) is 0 Å². The Morgan fingerprint density at radius 3 is 2.33 bits per heavy atom. The quantitative estimate of drug-likeness (QED) is 0.539. The molecule has 0 spiro atoms. The third kappa shape index (κ3) is 2.93. The van der Waals surface area contributed by atoms with Gasteiger partial charge in [0.2, 0.25) is 0 Å². The van der Waals surface area contributed by atoms with Crippen molar-refractivity contribution in [1.29, 1.82) is 0 Å². The Morgan fingerprint density at radius 1 is 1.13 bits per heavy atom. The van der Waals surface area contributed by atoms with Gasteiger partial charge in [-0.05, 0) is 33.1 Å². The molecule has 2 N–H and O–H groups in total. The number of hydrogen-bond acceptors (Lipinski definition) is 6. The molecule has 1 aliphatic carbocycles. The average molecular weight is 213 g/mol. The Kier molecular flexibility index (Phi) is 4.08. The Balaban J connectivity index is 2.83. The van der Waals surface area contributed by atoms with Crippen LogP contribution in [0.5, 0.6) is 0 Å². The van der Waals surface area contributed by atoms with E-state index in [1.807, 2.05) is 13.8 Å². The van der Waals surface area contributed by atoms with Gasteiger partial charge in [-0.25, -0.2) is 0 Å². The number of hydrogen-bond donors (Lipinski definition) is 2.